The van der Waals surface area contributed by atoms with Crippen LogP contribution in [-0.2, 0) is 0 Å². The van der Waals surface area contributed by atoms with Gasteiger partial charge in [0.15, 0.2) is 0 Å². The van der Waals surface area contributed by atoms with Crippen molar-refractivity contribution in [2.45, 2.75) is 13.1 Å². The second-order valence-corrected chi connectivity index (χ2v) is 4.65. The molecule has 0 bridgehead atoms. The summed E-state index contributed by atoms with van der Waals surface area (Å²) in [5.74, 6) is 0. The molecule has 3 heteroatoms. The molecule has 108 valence electrons. The molecule has 0 spiro atoms. The second kappa shape index (κ2) is 6.44. The van der Waals surface area contributed by atoms with Gasteiger partial charge in [-0.3, -0.25) is 0 Å². The lowest BCUT2D eigenvalue weighted by Crippen LogP contribution is -2.10. The third kappa shape index (κ3) is 4.09. The fourth-order valence-electron chi connectivity index (χ4n) is 1.95. The minimum atomic E-state index is -4.34. The van der Waals surface area contributed by atoms with Crippen LogP contribution in [0, 0.1) is 0 Å². The Morgan fingerprint density at radius 3 is 1.90 bits per heavy atom. The maximum absolute atomic E-state index is 13.0. The summed E-state index contributed by atoms with van der Waals surface area (Å²) in [6.07, 6.45) is -1.13. The van der Waals surface area contributed by atoms with Crippen molar-refractivity contribution in [1.29, 1.82) is 0 Å². The van der Waals surface area contributed by atoms with Gasteiger partial charge in [0.25, 0.3) is 0 Å². The maximum Gasteiger partial charge on any atom is 0.413 e. The van der Waals surface area contributed by atoms with E-state index in [2.05, 4.69) is 0 Å². The first kappa shape index (κ1) is 15.1. The summed E-state index contributed by atoms with van der Waals surface area (Å²) in [6, 6.07) is 17.9. The Morgan fingerprint density at radius 2 is 1.38 bits per heavy atom. The molecule has 2 rings (SSSR count). The van der Waals surface area contributed by atoms with Crippen LogP contribution < -0.4 is 0 Å². The lowest BCUT2D eigenvalue weighted by Gasteiger charge is -2.12. The zero-order chi connectivity index (χ0) is 15.3. The first-order valence-electron chi connectivity index (χ1n) is 6.55. The highest BCUT2D eigenvalue weighted by atomic mass is 19.4. The lowest BCUT2D eigenvalue weighted by molar-refractivity contribution is -0.0906. The Morgan fingerprint density at radius 1 is 0.857 bits per heavy atom. The Kier molecular flexibility index (Phi) is 4.63. The van der Waals surface area contributed by atoms with Gasteiger partial charge in [-0.15, -0.1) is 0 Å². The second-order valence-electron chi connectivity index (χ2n) is 4.65. The third-order valence-corrected chi connectivity index (χ3v) is 3.16. The third-order valence-electron chi connectivity index (χ3n) is 3.16. The molecule has 2 aromatic rings. The molecule has 0 aliphatic heterocycles. The van der Waals surface area contributed by atoms with Gasteiger partial charge in [-0.05, 0) is 23.6 Å². The van der Waals surface area contributed by atoms with Gasteiger partial charge in [-0.25, -0.2) is 0 Å². The van der Waals surface area contributed by atoms with E-state index in [0.717, 1.165) is 12.5 Å². The van der Waals surface area contributed by atoms with Crippen molar-refractivity contribution in [1.82, 2.24) is 0 Å². The van der Waals surface area contributed by atoms with Crippen molar-refractivity contribution in [3.8, 4) is 0 Å². The number of hydrogen-bond acceptors (Lipinski definition) is 0. The van der Waals surface area contributed by atoms with Crippen LogP contribution in [0.1, 0.15) is 18.1 Å². The van der Waals surface area contributed by atoms with Crippen LogP contribution in [0.3, 0.4) is 0 Å². The highest BCUT2D eigenvalue weighted by Gasteiger charge is 2.32. The van der Waals surface area contributed by atoms with Crippen LogP contribution in [0.25, 0.3) is 11.6 Å². The van der Waals surface area contributed by atoms with E-state index < -0.39 is 11.7 Å². The van der Waals surface area contributed by atoms with Gasteiger partial charge in [0, 0.05) is 5.57 Å². The zero-order valence-corrected chi connectivity index (χ0v) is 11.6. The molecule has 0 saturated carbocycles. The molecule has 0 fully saturated rings. The van der Waals surface area contributed by atoms with Crippen molar-refractivity contribution >= 4 is 11.6 Å². The van der Waals surface area contributed by atoms with E-state index in [9.17, 15) is 13.2 Å². The van der Waals surface area contributed by atoms with E-state index in [1.54, 1.807) is 36.4 Å². The van der Waals surface area contributed by atoms with Gasteiger partial charge in [0.05, 0.1) is 0 Å². The molecule has 0 unspecified atom stereocenters. The molecule has 0 saturated heterocycles. The normalized spacial score (nSPS) is 13.3. The number of rotatable bonds is 3. The molecule has 0 atom stereocenters. The summed E-state index contributed by atoms with van der Waals surface area (Å²) >= 11 is 0. The number of benzene rings is 2. The Bertz CT molecular complexity index is 635. The molecule has 0 heterocycles. The molecule has 0 radical (unpaired) electrons. The minimum Gasteiger partial charge on any atom is -0.166 e. The molecule has 0 aliphatic rings. The summed E-state index contributed by atoms with van der Waals surface area (Å²) in [5.41, 5.74) is 1.01. The highest BCUT2D eigenvalue weighted by Crippen LogP contribution is 2.33. The van der Waals surface area contributed by atoms with Gasteiger partial charge < -0.3 is 0 Å². The number of allylic oxidation sites excluding steroid dienone is 3. The fraction of sp³-hybridized carbons (Fsp3) is 0.111. The molecule has 0 nitrogen and oxygen atoms in total. The molecule has 21 heavy (non-hydrogen) atoms. The fourth-order valence-corrected chi connectivity index (χ4v) is 1.95. The standard InChI is InChI=1S/C18H15F3/c1-14(18(19,20)21)17(16-10-6-3-7-11-16)13-12-15-8-4-2-5-9-15/h2-13H,1H3/b13-12+,17-14-. The molecule has 2 aromatic carbocycles. The summed E-state index contributed by atoms with van der Waals surface area (Å²) in [7, 11) is 0. The van der Waals surface area contributed by atoms with Gasteiger partial charge in [0.1, 0.15) is 0 Å². The number of halogens is 3. The van der Waals surface area contributed by atoms with Crippen molar-refractivity contribution in [3.05, 3.63) is 83.4 Å². The summed E-state index contributed by atoms with van der Waals surface area (Å²) in [5, 5.41) is 0. The van der Waals surface area contributed by atoms with E-state index >= 15 is 0 Å². The van der Waals surface area contributed by atoms with Crippen LogP contribution in [0.15, 0.2) is 72.3 Å². The van der Waals surface area contributed by atoms with E-state index in [-0.39, 0.29) is 5.57 Å². The van der Waals surface area contributed by atoms with Crippen molar-refractivity contribution in [2.75, 3.05) is 0 Å². The van der Waals surface area contributed by atoms with Crippen molar-refractivity contribution in [3.63, 3.8) is 0 Å². The number of alkyl halides is 3. The predicted octanol–water partition coefficient (Wildman–Crippen LogP) is 5.74. The highest BCUT2D eigenvalue weighted by molar-refractivity contribution is 5.81. The lowest BCUT2D eigenvalue weighted by atomic mass is 9.99. The molecule has 0 amide bonds. The van der Waals surface area contributed by atoms with Gasteiger partial charge in [-0.1, -0.05) is 72.8 Å². The average molecular weight is 288 g/mol. The molecule has 0 N–H and O–H groups in total. The maximum atomic E-state index is 13.0. The van der Waals surface area contributed by atoms with Gasteiger partial charge in [0.2, 0.25) is 0 Å². The Labute approximate surface area is 122 Å². The van der Waals surface area contributed by atoms with Crippen LogP contribution in [0.4, 0.5) is 13.2 Å². The smallest absolute Gasteiger partial charge is 0.166 e. The summed E-state index contributed by atoms with van der Waals surface area (Å²) < 4.78 is 39.1. The SMILES string of the molecule is C/C(=C(\C=C\c1ccccc1)c1ccccc1)C(F)(F)F. The Balaban J connectivity index is 2.46. The summed E-state index contributed by atoms with van der Waals surface area (Å²) in [4.78, 5) is 0. The van der Waals surface area contributed by atoms with E-state index in [1.807, 2.05) is 30.3 Å². The Hall–Kier alpha value is -2.29. The van der Waals surface area contributed by atoms with E-state index in [4.69, 9.17) is 0 Å². The molecule has 0 aromatic heterocycles. The monoisotopic (exact) mass is 288 g/mol. The largest absolute Gasteiger partial charge is 0.413 e. The van der Waals surface area contributed by atoms with E-state index in [1.165, 1.54) is 6.08 Å². The number of hydrogen-bond donors (Lipinski definition) is 0. The van der Waals surface area contributed by atoms with Gasteiger partial charge in [-0.2, -0.15) is 13.2 Å². The van der Waals surface area contributed by atoms with E-state index in [0.29, 0.717) is 5.56 Å². The molecular formula is C18H15F3. The minimum absolute atomic E-state index is 0.187. The average Bonchev–Trinajstić information content (AvgIpc) is 2.48. The topological polar surface area (TPSA) is 0 Å². The van der Waals surface area contributed by atoms with Crippen LogP contribution in [0.5, 0.6) is 0 Å². The van der Waals surface area contributed by atoms with Crippen LogP contribution >= 0.6 is 0 Å². The first-order valence-corrected chi connectivity index (χ1v) is 6.55. The summed E-state index contributed by atoms with van der Waals surface area (Å²) in [6.45, 7) is 1.11. The first-order chi connectivity index (χ1) is 9.98. The van der Waals surface area contributed by atoms with Crippen LogP contribution in [0.2, 0.25) is 0 Å². The predicted molar refractivity (Wildman–Crippen MR) is 80.6 cm³/mol. The molecule has 0 aliphatic carbocycles. The van der Waals surface area contributed by atoms with Crippen molar-refractivity contribution < 1.29 is 13.2 Å². The van der Waals surface area contributed by atoms with Crippen LogP contribution in [-0.4, -0.2) is 6.18 Å². The quantitative estimate of drug-likeness (QED) is 0.632. The van der Waals surface area contributed by atoms with Gasteiger partial charge >= 0.3 is 6.18 Å². The molecular weight excluding hydrogens is 273 g/mol. The zero-order valence-electron chi connectivity index (χ0n) is 11.6. The van der Waals surface area contributed by atoms with Crippen molar-refractivity contribution in [2.24, 2.45) is 0 Å².